The molecule has 1 aromatic heterocycles. The molecule has 5 rings (SSSR count). The second-order valence-electron chi connectivity index (χ2n) is 9.83. The Bertz CT molecular complexity index is 1420. The second-order valence-corrected chi connectivity index (χ2v) is 9.83. The molecule has 1 N–H and O–H groups in total. The summed E-state index contributed by atoms with van der Waals surface area (Å²) in [5, 5.41) is 19.9. The number of benzene rings is 2. The molecule has 42 heavy (non-hydrogen) atoms. The molecule has 0 radical (unpaired) electrons. The Morgan fingerprint density at radius 1 is 1.12 bits per heavy atom. The quantitative estimate of drug-likeness (QED) is 0.284. The number of hydrogen-bond donors (Lipinski definition) is 1. The van der Waals surface area contributed by atoms with E-state index in [1.54, 1.807) is 48.5 Å². The normalized spacial score (nSPS) is 17.0. The number of carbonyl (C=O) groups is 2. The van der Waals surface area contributed by atoms with Crippen molar-refractivity contribution in [1.29, 1.82) is 0 Å². The van der Waals surface area contributed by atoms with Gasteiger partial charge in [0.15, 0.2) is 0 Å². The van der Waals surface area contributed by atoms with E-state index in [0.29, 0.717) is 61.2 Å². The average molecular weight is 577 g/mol. The fourth-order valence-electron chi connectivity index (χ4n) is 4.91. The highest BCUT2D eigenvalue weighted by Gasteiger charge is 2.36. The maximum atomic E-state index is 13.8. The summed E-state index contributed by atoms with van der Waals surface area (Å²) in [7, 11) is 1.52. The highest BCUT2D eigenvalue weighted by molar-refractivity contribution is 6.03. The highest BCUT2D eigenvalue weighted by Crippen LogP contribution is 2.33. The number of hydrogen-bond acceptors (Lipinski definition) is 9. The number of para-hydroxylation sites is 2. The van der Waals surface area contributed by atoms with E-state index in [-0.39, 0.29) is 12.2 Å². The molecule has 1 fully saturated rings. The number of furan rings is 1. The Morgan fingerprint density at radius 2 is 1.88 bits per heavy atom. The van der Waals surface area contributed by atoms with E-state index in [4.69, 9.17) is 13.9 Å². The Labute approximate surface area is 242 Å². The van der Waals surface area contributed by atoms with Gasteiger partial charge in [0.05, 0.1) is 42.9 Å². The number of nitrogens with zero attached hydrogens (tertiary/aromatic N) is 5. The molecule has 13 heteroatoms. The van der Waals surface area contributed by atoms with Gasteiger partial charge < -0.3 is 24.1 Å². The first-order chi connectivity index (χ1) is 20.4. The van der Waals surface area contributed by atoms with Crippen LogP contribution in [0.25, 0.3) is 0 Å². The first-order valence-corrected chi connectivity index (χ1v) is 13.6. The van der Waals surface area contributed by atoms with Gasteiger partial charge in [-0.1, -0.05) is 12.1 Å². The van der Waals surface area contributed by atoms with Crippen LogP contribution in [0.3, 0.4) is 0 Å². The predicted octanol–water partition coefficient (Wildman–Crippen LogP) is 3.74. The van der Waals surface area contributed by atoms with Crippen molar-refractivity contribution in [2.75, 3.05) is 58.4 Å². The minimum absolute atomic E-state index is 0.0372. The van der Waals surface area contributed by atoms with Gasteiger partial charge in [0, 0.05) is 44.7 Å². The Hall–Kier alpha value is -4.75. The van der Waals surface area contributed by atoms with Crippen molar-refractivity contribution in [1.82, 2.24) is 14.8 Å². The number of methoxy groups -OCH3 is 1. The standard InChI is InChI=1S/C29H32N6O7/c1-40-26-6-3-2-5-23(26)30-29(37)33(13-12-32-14-17-41-18-15-32)20-28(36)34-25(27-7-4-16-42-27)19-24(31-34)21-8-10-22(11-9-21)35(38)39/h2-11,16,25H,12-15,17-20H2,1H3,(H,30,37)/t25-/m0/s1. The summed E-state index contributed by atoms with van der Waals surface area (Å²) in [4.78, 5) is 41.6. The molecule has 1 saturated heterocycles. The molecular formula is C29H32N6O7. The van der Waals surface area contributed by atoms with E-state index in [1.165, 1.54) is 35.4 Å². The van der Waals surface area contributed by atoms with Crippen LogP contribution in [-0.2, 0) is 9.53 Å². The van der Waals surface area contributed by atoms with Gasteiger partial charge in [0.2, 0.25) is 0 Å². The molecule has 2 aliphatic heterocycles. The fourth-order valence-corrected chi connectivity index (χ4v) is 4.91. The molecule has 0 unspecified atom stereocenters. The lowest BCUT2D eigenvalue weighted by Gasteiger charge is -2.31. The predicted molar refractivity (Wildman–Crippen MR) is 153 cm³/mol. The number of ether oxygens (including phenoxy) is 2. The smallest absolute Gasteiger partial charge is 0.322 e. The molecule has 0 spiro atoms. The number of rotatable bonds is 10. The van der Waals surface area contributed by atoms with Gasteiger partial charge >= 0.3 is 6.03 Å². The zero-order valence-electron chi connectivity index (χ0n) is 23.2. The summed E-state index contributed by atoms with van der Waals surface area (Å²) in [6.45, 7) is 3.34. The van der Waals surface area contributed by atoms with Gasteiger partial charge in [-0.25, -0.2) is 9.80 Å². The summed E-state index contributed by atoms with van der Waals surface area (Å²) in [6, 6.07) is 15.6. The van der Waals surface area contributed by atoms with Crippen molar-refractivity contribution in [2.45, 2.75) is 12.5 Å². The molecule has 220 valence electrons. The van der Waals surface area contributed by atoms with E-state index in [0.717, 1.165) is 13.1 Å². The first-order valence-electron chi connectivity index (χ1n) is 13.6. The van der Waals surface area contributed by atoms with Crippen molar-refractivity contribution in [3.05, 3.63) is 88.4 Å². The van der Waals surface area contributed by atoms with Crippen LogP contribution < -0.4 is 10.1 Å². The highest BCUT2D eigenvalue weighted by atomic mass is 16.6. The van der Waals surface area contributed by atoms with Crippen LogP contribution in [0.15, 0.2) is 76.4 Å². The number of amides is 3. The summed E-state index contributed by atoms with van der Waals surface area (Å²) in [6.07, 6.45) is 1.87. The summed E-state index contributed by atoms with van der Waals surface area (Å²) >= 11 is 0. The Kier molecular flexibility index (Phi) is 9.09. The maximum Gasteiger partial charge on any atom is 0.322 e. The molecule has 2 aromatic carbocycles. The monoisotopic (exact) mass is 576 g/mol. The van der Waals surface area contributed by atoms with Gasteiger partial charge in [0.1, 0.15) is 24.1 Å². The molecule has 3 aromatic rings. The van der Waals surface area contributed by atoms with Crippen LogP contribution in [0.4, 0.5) is 16.2 Å². The van der Waals surface area contributed by atoms with E-state index in [2.05, 4.69) is 15.3 Å². The minimum atomic E-state index is -0.531. The second kappa shape index (κ2) is 13.3. The molecule has 0 aliphatic carbocycles. The van der Waals surface area contributed by atoms with Gasteiger partial charge in [-0.3, -0.25) is 19.8 Å². The lowest BCUT2D eigenvalue weighted by molar-refractivity contribution is -0.384. The topological polar surface area (TPSA) is 143 Å². The van der Waals surface area contributed by atoms with Gasteiger partial charge in [-0.2, -0.15) is 5.10 Å². The van der Waals surface area contributed by atoms with Gasteiger partial charge in [-0.05, 0) is 42.0 Å². The summed E-state index contributed by atoms with van der Waals surface area (Å²) < 4.78 is 16.4. The van der Waals surface area contributed by atoms with Crippen LogP contribution in [0.5, 0.6) is 5.75 Å². The number of morpholine rings is 1. The van der Waals surface area contributed by atoms with Crippen LogP contribution in [0.1, 0.15) is 23.8 Å². The number of non-ortho nitro benzene ring substituents is 1. The van der Waals surface area contributed by atoms with Crippen molar-refractivity contribution in [3.63, 3.8) is 0 Å². The van der Waals surface area contributed by atoms with Crippen molar-refractivity contribution in [3.8, 4) is 5.75 Å². The van der Waals surface area contributed by atoms with Gasteiger partial charge in [0.25, 0.3) is 11.6 Å². The number of carbonyl (C=O) groups excluding carboxylic acids is 2. The molecule has 3 heterocycles. The van der Waals surface area contributed by atoms with E-state index in [1.807, 2.05) is 0 Å². The maximum absolute atomic E-state index is 13.8. The number of nitro groups is 1. The van der Waals surface area contributed by atoms with E-state index < -0.39 is 22.9 Å². The third kappa shape index (κ3) is 6.75. The molecule has 0 saturated carbocycles. The van der Waals surface area contributed by atoms with Crippen LogP contribution in [0, 0.1) is 10.1 Å². The largest absolute Gasteiger partial charge is 0.495 e. The number of nitrogens with one attached hydrogen (secondary N) is 1. The van der Waals surface area contributed by atoms with Crippen molar-refractivity contribution in [2.24, 2.45) is 5.10 Å². The lowest BCUT2D eigenvalue weighted by atomic mass is 10.0. The third-order valence-corrected chi connectivity index (χ3v) is 7.20. The SMILES string of the molecule is COc1ccccc1NC(=O)N(CCN1CCOCC1)CC(=O)N1N=C(c2ccc([N+](=O)[O-])cc2)C[C@H]1c1ccco1. The van der Waals surface area contributed by atoms with Crippen LogP contribution in [-0.4, -0.2) is 90.4 Å². The molecule has 13 nitrogen and oxygen atoms in total. The first kappa shape index (κ1) is 28.8. The third-order valence-electron chi connectivity index (χ3n) is 7.20. The molecule has 2 aliphatic rings. The number of hydrazone groups is 1. The Morgan fingerprint density at radius 3 is 2.57 bits per heavy atom. The van der Waals surface area contributed by atoms with Gasteiger partial charge in [-0.15, -0.1) is 0 Å². The molecule has 0 bridgehead atoms. The van der Waals surface area contributed by atoms with Crippen molar-refractivity contribution >= 4 is 29.0 Å². The molecule has 3 amide bonds. The zero-order chi connectivity index (χ0) is 29.5. The lowest BCUT2D eigenvalue weighted by Crippen LogP contribution is -2.47. The molecular weight excluding hydrogens is 544 g/mol. The molecule has 1 atom stereocenters. The van der Waals surface area contributed by atoms with E-state index >= 15 is 0 Å². The van der Waals surface area contributed by atoms with E-state index in [9.17, 15) is 19.7 Å². The van der Waals surface area contributed by atoms with Crippen molar-refractivity contribution < 1.29 is 28.4 Å². The zero-order valence-corrected chi connectivity index (χ0v) is 23.2. The summed E-state index contributed by atoms with van der Waals surface area (Å²) in [5.74, 6) is 0.646. The summed E-state index contributed by atoms with van der Waals surface area (Å²) in [5.41, 5.74) is 1.69. The fraction of sp³-hybridized carbons (Fsp3) is 0.345. The number of anilines is 1. The van der Waals surface area contributed by atoms with Crippen LogP contribution >= 0.6 is 0 Å². The Balaban J connectivity index is 1.37. The van der Waals surface area contributed by atoms with Crippen LogP contribution in [0.2, 0.25) is 0 Å². The number of urea groups is 1. The number of nitro benzene ring substituents is 1. The minimum Gasteiger partial charge on any atom is -0.495 e. The average Bonchev–Trinajstić information content (AvgIpc) is 3.71.